The minimum atomic E-state index is -0.0185. The zero-order valence-corrected chi connectivity index (χ0v) is 5.17. The van der Waals surface area contributed by atoms with Gasteiger partial charge in [0, 0.05) is 12.6 Å². The smallest absolute Gasteiger partial charge is 0.124 e. The van der Waals surface area contributed by atoms with Crippen LogP contribution in [0.1, 0.15) is 12.8 Å². The van der Waals surface area contributed by atoms with Crippen molar-refractivity contribution < 1.29 is 0 Å². The summed E-state index contributed by atoms with van der Waals surface area (Å²) in [4.78, 5) is 1.75. The van der Waals surface area contributed by atoms with Crippen LogP contribution in [0.15, 0.2) is 0 Å². The summed E-state index contributed by atoms with van der Waals surface area (Å²) < 4.78 is 0. The van der Waals surface area contributed by atoms with Crippen LogP contribution >= 0.6 is 0 Å². The number of nitrogens with zero attached hydrogens (tertiary/aromatic N) is 2. The van der Waals surface area contributed by atoms with Gasteiger partial charge in [0.25, 0.3) is 0 Å². The van der Waals surface area contributed by atoms with Crippen molar-refractivity contribution in [3.8, 4) is 18.5 Å². The van der Waals surface area contributed by atoms with Gasteiger partial charge in [-0.25, -0.2) is 0 Å². The molecule has 1 saturated heterocycles. The maximum atomic E-state index is 8.48. The number of hydrogen-bond donors (Lipinski definition) is 0. The monoisotopic (exact) mass is 120 g/mol. The number of likely N-dealkylation sites (tertiary alicyclic amines) is 1. The topological polar surface area (TPSA) is 27.0 Å². The Morgan fingerprint density at radius 1 is 1.67 bits per heavy atom. The molecule has 0 bridgehead atoms. The Bertz CT molecular complexity index is 152. The Morgan fingerprint density at radius 3 is 2.89 bits per heavy atom. The minimum absolute atomic E-state index is 0.0185. The number of rotatable bonds is 0. The van der Waals surface area contributed by atoms with E-state index in [1.165, 1.54) is 0 Å². The summed E-state index contributed by atoms with van der Waals surface area (Å²) in [6.45, 7) is 0.884. The van der Waals surface area contributed by atoms with Gasteiger partial charge in [0.05, 0.1) is 6.07 Å². The van der Waals surface area contributed by atoms with Crippen LogP contribution < -0.4 is 0 Å². The van der Waals surface area contributed by atoms with Crippen LogP contribution in [0, 0.1) is 23.8 Å². The number of hydrogen-bond acceptors (Lipinski definition) is 2. The van der Waals surface area contributed by atoms with E-state index in [-0.39, 0.29) is 6.04 Å². The predicted octanol–water partition coefficient (Wildman–Crippen LogP) is 0.565. The summed E-state index contributed by atoms with van der Waals surface area (Å²) in [7, 11) is 0. The maximum absolute atomic E-state index is 8.48. The van der Waals surface area contributed by atoms with Crippen molar-refractivity contribution >= 4 is 0 Å². The van der Waals surface area contributed by atoms with Gasteiger partial charge in [-0.3, -0.25) is 0 Å². The Kier molecular flexibility index (Phi) is 1.60. The normalized spacial score (nSPS) is 25.1. The first-order chi connectivity index (χ1) is 4.38. The van der Waals surface area contributed by atoms with Crippen LogP contribution in [0.25, 0.3) is 0 Å². The zero-order valence-electron chi connectivity index (χ0n) is 5.17. The lowest BCUT2D eigenvalue weighted by Gasteiger charge is -2.10. The molecule has 0 amide bonds. The Morgan fingerprint density at radius 2 is 2.44 bits per heavy atom. The third-order valence-corrected chi connectivity index (χ3v) is 1.57. The molecule has 0 spiro atoms. The molecule has 1 rings (SSSR count). The maximum Gasteiger partial charge on any atom is 0.124 e. The lowest BCUT2D eigenvalue weighted by molar-refractivity contribution is 0.434. The molecule has 0 saturated carbocycles. The van der Waals surface area contributed by atoms with E-state index in [1.54, 1.807) is 4.90 Å². The summed E-state index contributed by atoms with van der Waals surface area (Å²) in [6.07, 6.45) is 7.11. The van der Waals surface area contributed by atoms with Crippen molar-refractivity contribution in [3.05, 3.63) is 0 Å². The summed E-state index contributed by atoms with van der Waals surface area (Å²) in [5.74, 6) is 0. The second kappa shape index (κ2) is 2.42. The Hall–Kier alpha value is -1.15. The van der Waals surface area contributed by atoms with Crippen LogP contribution in [0.5, 0.6) is 0 Å². The molecule has 1 aliphatic rings. The average molecular weight is 120 g/mol. The Labute approximate surface area is 55.1 Å². The molecule has 2 heteroatoms. The second-order valence-electron chi connectivity index (χ2n) is 2.11. The first-order valence-corrected chi connectivity index (χ1v) is 3.01. The van der Waals surface area contributed by atoms with Crippen LogP contribution in [0.3, 0.4) is 0 Å². The highest BCUT2D eigenvalue weighted by atomic mass is 15.1. The van der Waals surface area contributed by atoms with Gasteiger partial charge >= 0.3 is 0 Å². The van der Waals surface area contributed by atoms with E-state index in [4.69, 9.17) is 11.7 Å². The Balaban J connectivity index is 2.57. The third kappa shape index (κ3) is 0.976. The molecule has 9 heavy (non-hydrogen) atoms. The average Bonchev–Trinajstić information content (AvgIpc) is 2.33. The summed E-state index contributed by atoms with van der Waals surface area (Å²) in [5, 5.41) is 8.48. The van der Waals surface area contributed by atoms with E-state index in [0.717, 1.165) is 19.4 Å². The van der Waals surface area contributed by atoms with E-state index >= 15 is 0 Å². The molecule has 1 atom stereocenters. The van der Waals surface area contributed by atoms with Crippen molar-refractivity contribution in [2.75, 3.05) is 6.54 Å². The van der Waals surface area contributed by atoms with Gasteiger partial charge in [0.1, 0.15) is 6.04 Å². The first kappa shape index (κ1) is 5.98. The van der Waals surface area contributed by atoms with Gasteiger partial charge in [-0.05, 0) is 12.8 Å². The SMILES string of the molecule is C#CN1CCCC1C#N. The molecule has 0 N–H and O–H groups in total. The van der Waals surface area contributed by atoms with Crippen LogP contribution in [-0.4, -0.2) is 17.5 Å². The standard InChI is InChI=1S/C7H8N2/c1-2-9-5-3-4-7(9)6-8/h1,7H,3-5H2. The number of terminal acetylenes is 1. The molecule has 0 aromatic rings. The molecule has 2 nitrogen and oxygen atoms in total. The lowest BCUT2D eigenvalue weighted by Crippen LogP contribution is -2.21. The van der Waals surface area contributed by atoms with Crippen molar-refractivity contribution in [2.24, 2.45) is 0 Å². The minimum Gasteiger partial charge on any atom is -0.316 e. The van der Waals surface area contributed by atoms with E-state index in [2.05, 4.69) is 12.1 Å². The van der Waals surface area contributed by atoms with Gasteiger partial charge in [-0.1, -0.05) is 6.42 Å². The fraction of sp³-hybridized carbons (Fsp3) is 0.571. The van der Waals surface area contributed by atoms with Crippen LogP contribution in [-0.2, 0) is 0 Å². The molecule has 1 aliphatic heterocycles. The fourth-order valence-electron chi connectivity index (χ4n) is 1.06. The molecule has 1 heterocycles. The van der Waals surface area contributed by atoms with Gasteiger partial charge in [-0.15, -0.1) is 0 Å². The molecule has 46 valence electrons. The van der Waals surface area contributed by atoms with E-state index in [9.17, 15) is 0 Å². The zero-order chi connectivity index (χ0) is 6.69. The molecule has 1 unspecified atom stereocenters. The fourth-order valence-corrected chi connectivity index (χ4v) is 1.06. The summed E-state index contributed by atoms with van der Waals surface area (Å²) in [6, 6.07) is 4.61. The van der Waals surface area contributed by atoms with Crippen molar-refractivity contribution in [1.29, 1.82) is 5.26 Å². The van der Waals surface area contributed by atoms with Crippen molar-refractivity contribution in [1.82, 2.24) is 4.90 Å². The predicted molar refractivity (Wildman–Crippen MR) is 34.2 cm³/mol. The van der Waals surface area contributed by atoms with Gasteiger partial charge in [0.15, 0.2) is 0 Å². The van der Waals surface area contributed by atoms with Gasteiger partial charge in [-0.2, -0.15) is 5.26 Å². The lowest BCUT2D eigenvalue weighted by atomic mass is 10.2. The molecular weight excluding hydrogens is 112 g/mol. The highest BCUT2D eigenvalue weighted by Gasteiger charge is 2.20. The molecule has 0 aliphatic carbocycles. The molecule has 1 fully saturated rings. The van der Waals surface area contributed by atoms with Crippen molar-refractivity contribution in [2.45, 2.75) is 18.9 Å². The largest absolute Gasteiger partial charge is 0.316 e. The molecular formula is C7H8N2. The number of nitriles is 1. The van der Waals surface area contributed by atoms with E-state index in [1.807, 2.05) is 0 Å². The highest BCUT2D eigenvalue weighted by Crippen LogP contribution is 2.13. The quantitative estimate of drug-likeness (QED) is 0.437. The first-order valence-electron chi connectivity index (χ1n) is 3.01. The van der Waals surface area contributed by atoms with Crippen LogP contribution in [0.4, 0.5) is 0 Å². The second-order valence-corrected chi connectivity index (χ2v) is 2.11. The van der Waals surface area contributed by atoms with Crippen LogP contribution in [0.2, 0.25) is 0 Å². The molecule has 0 radical (unpaired) electrons. The summed E-state index contributed by atoms with van der Waals surface area (Å²) >= 11 is 0. The van der Waals surface area contributed by atoms with E-state index < -0.39 is 0 Å². The highest BCUT2D eigenvalue weighted by molar-refractivity contribution is 5.03. The molecule has 0 aromatic carbocycles. The summed E-state index contributed by atoms with van der Waals surface area (Å²) in [5.41, 5.74) is 0. The van der Waals surface area contributed by atoms with E-state index in [0.29, 0.717) is 0 Å². The molecule has 0 aromatic heterocycles. The van der Waals surface area contributed by atoms with Gasteiger partial charge < -0.3 is 4.90 Å². The third-order valence-electron chi connectivity index (χ3n) is 1.57. The van der Waals surface area contributed by atoms with Crippen molar-refractivity contribution in [3.63, 3.8) is 0 Å². The van der Waals surface area contributed by atoms with Gasteiger partial charge in [0.2, 0.25) is 0 Å².